The summed E-state index contributed by atoms with van der Waals surface area (Å²) in [5.41, 5.74) is -0.137. The highest BCUT2D eigenvalue weighted by atomic mass is 16.5. The molecule has 0 spiro atoms. The summed E-state index contributed by atoms with van der Waals surface area (Å²) in [6.07, 6.45) is 13.4. The van der Waals surface area contributed by atoms with Crippen LogP contribution in [0.1, 0.15) is 78.1 Å². The van der Waals surface area contributed by atoms with Crippen LogP contribution in [0.2, 0.25) is 0 Å². The van der Waals surface area contributed by atoms with Gasteiger partial charge < -0.3 is 19.8 Å². The van der Waals surface area contributed by atoms with Crippen LogP contribution in [0, 0.1) is 11.3 Å². The number of hydrogen-bond donors (Lipinski definition) is 2. The molecule has 2 aliphatic rings. The lowest BCUT2D eigenvalue weighted by molar-refractivity contribution is -0.164. The third-order valence-corrected chi connectivity index (χ3v) is 6.44. The lowest BCUT2D eigenvalue weighted by Crippen LogP contribution is -2.43. The summed E-state index contributed by atoms with van der Waals surface area (Å²) in [4.78, 5) is 34.4. The molecule has 0 amide bonds. The van der Waals surface area contributed by atoms with Gasteiger partial charge in [-0.2, -0.15) is 0 Å². The van der Waals surface area contributed by atoms with Gasteiger partial charge in [-0.3, -0.25) is 4.79 Å². The number of rotatable bonds is 9. The van der Waals surface area contributed by atoms with Crippen molar-refractivity contribution in [3.05, 3.63) is 12.2 Å². The van der Waals surface area contributed by atoms with Gasteiger partial charge in [-0.1, -0.05) is 52.4 Å². The van der Waals surface area contributed by atoms with Gasteiger partial charge in [-0.25, -0.2) is 9.59 Å². The van der Waals surface area contributed by atoms with Crippen LogP contribution in [0.25, 0.3) is 0 Å². The van der Waals surface area contributed by atoms with E-state index in [1.165, 1.54) is 51.4 Å². The van der Waals surface area contributed by atoms with Crippen molar-refractivity contribution in [3.63, 3.8) is 0 Å². The van der Waals surface area contributed by atoms with Crippen molar-refractivity contribution >= 4 is 17.9 Å². The molecule has 2 fully saturated rings. The Morgan fingerprint density at radius 2 is 1.40 bits per heavy atom. The molecule has 0 aromatic carbocycles. The molecule has 172 valence electrons. The minimum Gasteiger partial charge on any atom is -0.478 e. The monoisotopic (exact) mass is 425 g/mol. The molecule has 2 saturated carbocycles. The summed E-state index contributed by atoms with van der Waals surface area (Å²) in [5, 5.41) is 15.6. The third kappa shape index (κ3) is 8.86. The number of esters is 1. The van der Waals surface area contributed by atoms with Crippen LogP contribution < -0.4 is 0 Å². The molecule has 0 bridgehead atoms. The second-order valence-corrected chi connectivity index (χ2v) is 8.22. The van der Waals surface area contributed by atoms with E-state index < -0.39 is 11.9 Å². The van der Waals surface area contributed by atoms with Gasteiger partial charge >= 0.3 is 17.9 Å². The number of hydrogen-bond acceptors (Lipinski definition) is 5. The van der Waals surface area contributed by atoms with Gasteiger partial charge in [0.25, 0.3) is 0 Å². The highest BCUT2D eigenvalue weighted by Crippen LogP contribution is 2.49. The molecule has 2 N–H and O–H groups in total. The summed E-state index contributed by atoms with van der Waals surface area (Å²) in [6.45, 7) is 7.82. The van der Waals surface area contributed by atoms with Gasteiger partial charge in [0.15, 0.2) is 0 Å². The molecule has 0 aliphatic heterocycles. The first-order valence-electron chi connectivity index (χ1n) is 11.4. The van der Waals surface area contributed by atoms with Crippen molar-refractivity contribution in [2.75, 3.05) is 26.2 Å². The number of carbonyl (C=O) groups is 3. The second kappa shape index (κ2) is 14.2. The van der Waals surface area contributed by atoms with Crippen LogP contribution in [-0.4, -0.2) is 59.3 Å². The van der Waals surface area contributed by atoms with E-state index in [-0.39, 0.29) is 11.4 Å². The number of carbonyl (C=O) groups excluding carboxylic acids is 1. The number of carboxylic acid groups (broad SMARTS) is 2. The molecule has 0 aromatic heterocycles. The molecule has 0 radical (unpaired) electrons. The van der Waals surface area contributed by atoms with Crippen molar-refractivity contribution in [1.82, 2.24) is 4.90 Å². The van der Waals surface area contributed by atoms with Crippen molar-refractivity contribution < 1.29 is 29.3 Å². The fourth-order valence-corrected chi connectivity index (χ4v) is 4.71. The van der Waals surface area contributed by atoms with Gasteiger partial charge in [0.05, 0.1) is 5.41 Å². The smallest absolute Gasteiger partial charge is 0.328 e. The Morgan fingerprint density at radius 3 is 1.87 bits per heavy atom. The summed E-state index contributed by atoms with van der Waals surface area (Å²) in [5.74, 6) is -1.80. The zero-order valence-corrected chi connectivity index (χ0v) is 18.6. The summed E-state index contributed by atoms with van der Waals surface area (Å²) < 4.78 is 5.79. The predicted molar refractivity (Wildman–Crippen MR) is 115 cm³/mol. The van der Waals surface area contributed by atoms with Crippen LogP contribution in [0.4, 0.5) is 0 Å². The zero-order chi connectivity index (χ0) is 22.4. The first kappa shape index (κ1) is 26.1. The number of aliphatic carboxylic acids is 2. The molecule has 2 rings (SSSR count). The molecule has 7 heteroatoms. The second-order valence-electron chi connectivity index (χ2n) is 8.22. The molecule has 2 aliphatic carbocycles. The Balaban J connectivity index is 0.000000479. The minimum atomic E-state index is -1.26. The maximum atomic E-state index is 12.9. The van der Waals surface area contributed by atoms with Gasteiger partial charge in [0.2, 0.25) is 0 Å². The van der Waals surface area contributed by atoms with Crippen LogP contribution in [0.3, 0.4) is 0 Å². The van der Waals surface area contributed by atoms with Crippen LogP contribution >= 0.6 is 0 Å². The Morgan fingerprint density at radius 1 is 0.900 bits per heavy atom. The molecule has 0 heterocycles. The van der Waals surface area contributed by atoms with Crippen LogP contribution in [0.5, 0.6) is 0 Å². The quantitative estimate of drug-likeness (QED) is 0.423. The lowest BCUT2D eigenvalue weighted by atomic mass is 9.62. The van der Waals surface area contributed by atoms with Crippen LogP contribution in [-0.2, 0) is 19.1 Å². The van der Waals surface area contributed by atoms with E-state index in [0.717, 1.165) is 32.5 Å². The third-order valence-electron chi connectivity index (χ3n) is 6.44. The standard InChI is InChI=1S/C19H35NO2.C4H4O4/c1-3-20(4-2)15-16-22-18(21)19(13-9-6-10-14-19)17-11-7-5-8-12-17;5-3(6)1-2-4(7)8/h17H,3-16H2,1-2H3;1-2H,(H,5,6)(H,7,8)/b;2-1-. The Hall–Kier alpha value is -1.89. The van der Waals surface area contributed by atoms with Crippen molar-refractivity contribution in [2.24, 2.45) is 11.3 Å². The fourth-order valence-electron chi connectivity index (χ4n) is 4.71. The number of carboxylic acids is 2. The Kier molecular flexibility index (Phi) is 12.4. The van der Waals surface area contributed by atoms with Gasteiger partial charge in [-0.05, 0) is 44.7 Å². The normalized spacial score (nSPS) is 19.2. The molecule has 0 unspecified atom stereocenters. The minimum absolute atomic E-state index is 0.131. The largest absolute Gasteiger partial charge is 0.478 e. The van der Waals surface area contributed by atoms with E-state index in [1.54, 1.807) is 0 Å². The predicted octanol–water partition coefficient (Wildman–Crippen LogP) is 4.11. The van der Waals surface area contributed by atoms with Gasteiger partial charge in [-0.15, -0.1) is 0 Å². The summed E-state index contributed by atoms with van der Waals surface area (Å²) in [7, 11) is 0. The van der Waals surface area contributed by atoms with Crippen molar-refractivity contribution in [3.8, 4) is 0 Å². The topological polar surface area (TPSA) is 104 Å². The Labute approximate surface area is 180 Å². The average Bonchev–Trinajstić information content (AvgIpc) is 2.76. The Bertz CT molecular complexity index is 542. The molecule has 0 aromatic rings. The van der Waals surface area contributed by atoms with E-state index in [1.807, 2.05) is 0 Å². The maximum Gasteiger partial charge on any atom is 0.328 e. The highest BCUT2D eigenvalue weighted by molar-refractivity contribution is 5.89. The van der Waals surface area contributed by atoms with E-state index in [9.17, 15) is 14.4 Å². The van der Waals surface area contributed by atoms with E-state index in [0.29, 0.717) is 24.7 Å². The first-order valence-corrected chi connectivity index (χ1v) is 11.4. The zero-order valence-electron chi connectivity index (χ0n) is 18.6. The molecule has 0 atom stereocenters. The average molecular weight is 426 g/mol. The lowest BCUT2D eigenvalue weighted by Gasteiger charge is -2.43. The maximum absolute atomic E-state index is 12.9. The molecule has 7 nitrogen and oxygen atoms in total. The van der Waals surface area contributed by atoms with Crippen LogP contribution in [0.15, 0.2) is 12.2 Å². The van der Waals surface area contributed by atoms with E-state index >= 15 is 0 Å². The van der Waals surface area contributed by atoms with Crippen molar-refractivity contribution in [2.45, 2.75) is 78.1 Å². The first-order chi connectivity index (χ1) is 14.4. The van der Waals surface area contributed by atoms with E-state index in [2.05, 4.69) is 18.7 Å². The summed E-state index contributed by atoms with van der Waals surface area (Å²) >= 11 is 0. The molecular weight excluding hydrogens is 386 g/mol. The van der Waals surface area contributed by atoms with Gasteiger partial charge in [0, 0.05) is 18.7 Å². The fraction of sp³-hybridized carbons (Fsp3) is 0.783. The number of ether oxygens (including phenoxy) is 1. The summed E-state index contributed by atoms with van der Waals surface area (Å²) in [6, 6.07) is 0. The van der Waals surface area contributed by atoms with Crippen molar-refractivity contribution in [1.29, 1.82) is 0 Å². The number of nitrogens with zero attached hydrogens (tertiary/aromatic N) is 1. The molecular formula is C23H39NO6. The SMILES string of the molecule is CCN(CC)CCOC(=O)C1(C2CCCCC2)CCCCC1.O=C(O)/C=C\C(=O)O. The molecule has 30 heavy (non-hydrogen) atoms. The van der Waals surface area contributed by atoms with E-state index in [4.69, 9.17) is 14.9 Å². The number of likely N-dealkylation sites (N-methyl/N-ethyl adjacent to an activating group) is 1. The molecule has 0 saturated heterocycles. The highest BCUT2D eigenvalue weighted by Gasteiger charge is 2.47. The van der Waals surface area contributed by atoms with Gasteiger partial charge in [0.1, 0.15) is 6.61 Å².